The maximum atomic E-state index is 11.2. The van der Waals surface area contributed by atoms with Crippen molar-refractivity contribution in [3.05, 3.63) is 0 Å². The molecule has 0 aromatic rings. The molecule has 1 aliphatic carbocycles. The zero-order valence-electron chi connectivity index (χ0n) is 7.25. The Kier molecular flexibility index (Phi) is 1.65. The largest absolute Gasteiger partial charge is 0.459 e. The van der Waals surface area contributed by atoms with E-state index >= 15 is 0 Å². The van der Waals surface area contributed by atoms with E-state index in [1.54, 1.807) is 6.92 Å². The van der Waals surface area contributed by atoms with E-state index in [9.17, 15) is 9.90 Å². The van der Waals surface area contributed by atoms with Gasteiger partial charge in [-0.3, -0.25) is 4.79 Å². The predicted octanol–water partition coefficient (Wildman–Crippen LogP) is 0.853. The van der Waals surface area contributed by atoms with Gasteiger partial charge in [0, 0.05) is 0 Å². The Hall–Kier alpha value is -0.570. The van der Waals surface area contributed by atoms with Crippen molar-refractivity contribution in [1.29, 1.82) is 0 Å². The zero-order valence-corrected chi connectivity index (χ0v) is 7.25. The smallest absolute Gasteiger partial charge is 0.312 e. The minimum Gasteiger partial charge on any atom is -0.459 e. The third-order valence-electron chi connectivity index (χ3n) is 3.21. The fourth-order valence-corrected chi connectivity index (χ4v) is 2.25. The fourth-order valence-electron chi connectivity index (χ4n) is 2.25. The highest BCUT2D eigenvalue weighted by Crippen LogP contribution is 2.42. The van der Waals surface area contributed by atoms with Gasteiger partial charge in [0.05, 0.1) is 5.92 Å². The predicted molar refractivity (Wildman–Crippen MR) is 42.5 cm³/mol. The Morgan fingerprint density at radius 1 is 1.58 bits per heavy atom. The summed E-state index contributed by atoms with van der Waals surface area (Å²) in [6, 6.07) is 0. The summed E-state index contributed by atoms with van der Waals surface area (Å²) in [6.07, 6.45) is 3.38. The number of esters is 1. The molecule has 2 aliphatic rings. The summed E-state index contributed by atoms with van der Waals surface area (Å²) in [5.74, 6) is -0.563. The van der Waals surface area contributed by atoms with Crippen molar-refractivity contribution in [2.45, 2.75) is 44.3 Å². The average molecular weight is 170 g/mol. The molecule has 0 radical (unpaired) electrons. The molecular weight excluding hydrogens is 156 g/mol. The Labute approximate surface area is 71.7 Å². The molecule has 2 rings (SSSR count). The zero-order chi connectivity index (χ0) is 8.77. The molecule has 0 unspecified atom stereocenters. The number of aliphatic hydroxyl groups is 1. The van der Waals surface area contributed by atoms with Crippen LogP contribution in [-0.4, -0.2) is 22.8 Å². The van der Waals surface area contributed by atoms with Crippen LogP contribution in [0.3, 0.4) is 0 Å². The minimum absolute atomic E-state index is 0.228. The number of hydrogen-bond donors (Lipinski definition) is 1. The van der Waals surface area contributed by atoms with Crippen LogP contribution in [0.4, 0.5) is 0 Å². The Bertz CT molecular complexity index is 214. The summed E-state index contributed by atoms with van der Waals surface area (Å²) in [6.45, 7) is 1.76. The summed E-state index contributed by atoms with van der Waals surface area (Å²) in [5.41, 5.74) is -0.852. The minimum atomic E-state index is -0.852. The second-order valence-corrected chi connectivity index (χ2v) is 3.88. The molecule has 68 valence electrons. The van der Waals surface area contributed by atoms with Crippen molar-refractivity contribution in [1.82, 2.24) is 0 Å². The highest BCUT2D eigenvalue weighted by atomic mass is 16.6. The molecule has 3 atom stereocenters. The second kappa shape index (κ2) is 2.46. The lowest BCUT2D eigenvalue weighted by molar-refractivity contribution is -0.144. The Morgan fingerprint density at radius 2 is 2.33 bits per heavy atom. The van der Waals surface area contributed by atoms with Crippen LogP contribution in [0.15, 0.2) is 0 Å². The number of ether oxygens (including phenoxy) is 1. The van der Waals surface area contributed by atoms with Gasteiger partial charge in [-0.2, -0.15) is 0 Å². The second-order valence-electron chi connectivity index (χ2n) is 3.88. The molecule has 0 bridgehead atoms. The normalized spacial score (nSPS) is 47.0. The van der Waals surface area contributed by atoms with E-state index in [2.05, 4.69) is 0 Å². The average Bonchev–Trinajstić information content (AvgIpc) is 2.28. The van der Waals surface area contributed by atoms with Crippen LogP contribution in [0.1, 0.15) is 32.6 Å². The van der Waals surface area contributed by atoms with Gasteiger partial charge in [-0.1, -0.05) is 6.42 Å². The lowest BCUT2D eigenvalue weighted by Crippen LogP contribution is -2.45. The first-order chi connectivity index (χ1) is 5.64. The standard InChI is InChI=1S/C9H14O3/c1-6-8(10)12-7-4-2-3-5-9(6,7)11/h6-7,11H,2-5H2,1H3/t6-,7+,9-/m0/s1. The fraction of sp³-hybridized carbons (Fsp3) is 0.889. The number of fused-ring (bicyclic) bond motifs is 1. The maximum absolute atomic E-state index is 11.2. The van der Waals surface area contributed by atoms with Crippen LogP contribution < -0.4 is 0 Å². The van der Waals surface area contributed by atoms with Crippen molar-refractivity contribution in [2.24, 2.45) is 5.92 Å². The molecule has 3 nitrogen and oxygen atoms in total. The van der Waals surface area contributed by atoms with Gasteiger partial charge >= 0.3 is 5.97 Å². The highest BCUT2D eigenvalue weighted by molar-refractivity contribution is 5.76. The molecule has 0 aromatic carbocycles. The molecule has 0 amide bonds. The summed E-state index contributed by atoms with van der Waals surface area (Å²) in [4.78, 5) is 11.2. The van der Waals surface area contributed by atoms with E-state index in [4.69, 9.17) is 4.74 Å². The molecule has 12 heavy (non-hydrogen) atoms. The molecule has 1 heterocycles. The molecule has 1 saturated heterocycles. The first-order valence-corrected chi connectivity index (χ1v) is 4.57. The van der Waals surface area contributed by atoms with E-state index < -0.39 is 5.60 Å². The van der Waals surface area contributed by atoms with E-state index in [0.29, 0.717) is 6.42 Å². The van der Waals surface area contributed by atoms with Crippen LogP contribution in [0.5, 0.6) is 0 Å². The van der Waals surface area contributed by atoms with Gasteiger partial charge in [0.15, 0.2) is 0 Å². The van der Waals surface area contributed by atoms with Crippen molar-refractivity contribution < 1.29 is 14.6 Å². The van der Waals surface area contributed by atoms with E-state index in [-0.39, 0.29) is 18.0 Å². The lowest BCUT2D eigenvalue weighted by atomic mass is 9.76. The highest BCUT2D eigenvalue weighted by Gasteiger charge is 2.54. The topological polar surface area (TPSA) is 46.5 Å². The van der Waals surface area contributed by atoms with Gasteiger partial charge in [0.25, 0.3) is 0 Å². The van der Waals surface area contributed by atoms with Crippen LogP contribution >= 0.6 is 0 Å². The monoisotopic (exact) mass is 170 g/mol. The quantitative estimate of drug-likeness (QED) is 0.548. The van der Waals surface area contributed by atoms with Gasteiger partial charge in [0.2, 0.25) is 0 Å². The van der Waals surface area contributed by atoms with Gasteiger partial charge in [-0.25, -0.2) is 0 Å². The molecule has 1 N–H and O–H groups in total. The number of carbonyl (C=O) groups is 1. The summed E-state index contributed by atoms with van der Waals surface area (Å²) in [5, 5.41) is 10.1. The van der Waals surface area contributed by atoms with Crippen LogP contribution in [-0.2, 0) is 9.53 Å². The summed E-state index contributed by atoms with van der Waals surface area (Å²) < 4.78 is 5.09. The van der Waals surface area contributed by atoms with Crippen LogP contribution in [0, 0.1) is 5.92 Å². The van der Waals surface area contributed by atoms with E-state index in [0.717, 1.165) is 19.3 Å². The molecule has 3 heteroatoms. The van der Waals surface area contributed by atoms with Crippen molar-refractivity contribution in [2.75, 3.05) is 0 Å². The van der Waals surface area contributed by atoms with Gasteiger partial charge in [-0.05, 0) is 26.2 Å². The molecule has 1 aliphatic heterocycles. The third kappa shape index (κ3) is 0.891. The number of hydrogen-bond acceptors (Lipinski definition) is 3. The SMILES string of the molecule is C[C@H]1C(=O)O[C@@H]2CCCC[C@@]21O. The van der Waals surface area contributed by atoms with Crippen LogP contribution in [0.25, 0.3) is 0 Å². The molecular formula is C9H14O3. The van der Waals surface area contributed by atoms with Crippen molar-refractivity contribution in [3.63, 3.8) is 0 Å². The molecule has 0 spiro atoms. The first kappa shape index (κ1) is 8.05. The van der Waals surface area contributed by atoms with Gasteiger partial charge < -0.3 is 9.84 Å². The molecule has 0 aromatic heterocycles. The Balaban J connectivity index is 2.25. The van der Waals surface area contributed by atoms with Crippen molar-refractivity contribution in [3.8, 4) is 0 Å². The third-order valence-corrected chi connectivity index (χ3v) is 3.21. The van der Waals surface area contributed by atoms with E-state index in [1.807, 2.05) is 0 Å². The van der Waals surface area contributed by atoms with E-state index in [1.165, 1.54) is 0 Å². The molecule has 1 saturated carbocycles. The Morgan fingerprint density at radius 3 is 3.00 bits per heavy atom. The summed E-state index contributed by atoms with van der Waals surface area (Å²) in [7, 11) is 0. The lowest BCUT2D eigenvalue weighted by Gasteiger charge is -2.33. The maximum Gasteiger partial charge on any atom is 0.312 e. The molecule has 2 fully saturated rings. The van der Waals surface area contributed by atoms with Gasteiger partial charge in [0.1, 0.15) is 11.7 Å². The first-order valence-electron chi connectivity index (χ1n) is 4.57. The summed E-state index contributed by atoms with van der Waals surface area (Å²) >= 11 is 0. The number of carbonyl (C=O) groups excluding carboxylic acids is 1. The van der Waals surface area contributed by atoms with Gasteiger partial charge in [-0.15, -0.1) is 0 Å². The van der Waals surface area contributed by atoms with Crippen molar-refractivity contribution >= 4 is 5.97 Å². The van der Waals surface area contributed by atoms with Crippen LogP contribution in [0.2, 0.25) is 0 Å². The number of rotatable bonds is 0.